The molecule has 0 atom stereocenters. The highest BCUT2D eigenvalue weighted by Crippen LogP contribution is 2.37. The van der Waals surface area contributed by atoms with Gasteiger partial charge in [0.15, 0.2) is 0 Å². The third-order valence-electron chi connectivity index (χ3n) is 4.10. The lowest BCUT2D eigenvalue weighted by molar-refractivity contribution is -0.104. The Balaban J connectivity index is 2.19. The quantitative estimate of drug-likeness (QED) is 0.769. The van der Waals surface area contributed by atoms with Crippen LogP contribution in [-0.4, -0.2) is 26.2 Å². The van der Waals surface area contributed by atoms with Gasteiger partial charge in [0.25, 0.3) is 10.0 Å². The van der Waals surface area contributed by atoms with Crippen molar-refractivity contribution in [3.63, 3.8) is 0 Å². The fourth-order valence-corrected chi connectivity index (χ4v) is 4.46. The number of carbonyl (C=O) groups is 1. The van der Waals surface area contributed by atoms with Crippen LogP contribution in [0.2, 0.25) is 0 Å². The number of carbonyl (C=O) groups excluding carboxylic acids is 1. The minimum absolute atomic E-state index is 0.124. The number of pyridine rings is 1. The molecule has 0 saturated carbocycles. The molecular formula is C18H17ClN2O3S. The fourth-order valence-electron chi connectivity index (χ4n) is 2.72. The lowest BCUT2D eigenvalue weighted by Crippen LogP contribution is -2.32. The average molecular weight is 377 g/mol. The zero-order valence-electron chi connectivity index (χ0n) is 13.9. The Morgan fingerprint density at radius 3 is 2.48 bits per heavy atom. The molecule has 1 aliphatic heterocycles. The number of aryl methyl sites for hydroxylation is 2. The highest BCUT2D eigenvalue weighted by Gasteiger charge is 2.31. The minimum Gasteiger partial charge on any atom is -0.298 e. The van der Waals surface area contributed by atoms with Crippen LogP contribution in [-0.2, 0) is 14.8 Å². The Morgan fingerprint density at radius 2 is 1.84 bits per heavy atom. The molecule has 2 heterocycles. The predicted molar refractivity (Wildman–Crippen MR) is 98.1 cm³/mol. The van der Waals surface area contributed by atoms with E-state index >= 15 is 0 Å². The summed E-state index contributed by atoms with van der Waals surface area (Å²) >= 11 is 6.32. The maximum absolute atomic E-state index is 13.2. The van der Waals surface area contributed by atoms with Crippen molar-refractivity contribution in [2.45, 2.75) is 25.2 Å². The Hall–Kier alpha value is -2.18. The SMILES string of the molecule is Cc1ccc(S(=O)(=O)N2CCC(C=O)=C(Cl)c3ncc(C)cc32)cc1. The van der Waals surface area contributed by atoms with Crippen molar-refractivity contribution >= 4 is 38.6 Å². The highest BCUT2D eigenvalue weighted by atomic mass is 35.5. The van der Waals surface area contributed by atoms with E-state index in [0.717, 1.165) is 11.1 Å². The summed E-state index contributed by atoms with van der Waals surface area (Å²) in [4.78, 5) is 15.8. The largest absolute Gasteiger partial charge is 0.298 e. The molecular weight excluding hydrogens is 360 g/mol. The van der Waals surface area contributed by atoms with Gasteiger partial charge in [-0.25, -0.2) is 8.42 Å². The molecule has 5 nitrogen and oxygen atoms in total. The highest BCUT2D eigenvalue weighted by molar-refractivity contribution is 7.92. The summed E-state index contributed by atoms with van der Waals surface area (Å²) in [6, 6.07) is 8.39. The lowest BCUT2D eigenvalue weighted by atomic mass is 10.1. The van der Waals surface area contributed by atoms with E-state index in [1.54, 1.807) is 36.5 Å². The molecule has 0 spiro atoms. The van der Waals surface area contributed by atoms with Crippen LogP contribution in [0.3, 0.4) is 0 Å². The van der Waals surface area contributed by atoms with E-state index in [0.29, 0.717) is 23.2 Å². The van der Waals surface area contributed by atoms with E-state index in [9.17, 15) is 13.2 Å². The second-order valence-corrected chi connectivity index (χ2v) is 8.22. The first-order valence-corrected chi connectivity index (χ1v) is 9.56. The van der Waals surface area contributed by atoms with Gasteiger partial charge in [-0.05, 0) is 44.0 Å². The molecule has 0 radical (unpaired) electrons. The topological polar surface area (TPSA) is 67.3 Å². The molecule has 0 unspecified atom stereocenters. The first kappa shape index (κ1) is 17.6. The number of aromatic nitrogens is 1. The number of anilines is 1. The summed E-state index contributed by atoms with van der Waals surface area (Å²) in [6.07, 6.45) is 2.49. The molecule has 3 rings (SSSR count). The number of aldehydes is 1. The van der Waals surface area contributed by atoms with E-state index in [1.165, 1.54) is 4.31 Å². The van der Waals surface area contributed by atoms with Crippen LogP contribution >= 0.6 is 11.6 Å². The second-order valence-electron chi connectivity index (χ2n) is 5.98. The summed E-state index contributed by atoms with van der Waals surface area (Å²) in [5.41, 5.74) is 2.83. The van der Waals surface area contributed by atoms with Gasteiger partial charge in [0.2, 0.25) is 0 Å². The molecule has 130 valence electrons. The van der Waals surface area contributed by atoms with Crippen molar-refractivity contribution in [3.8, 4) is 0 Å². The van der Waals surface area contributed by atoms with Gasteiger partial charge in [0.1, 0.15) is 12.0 Å². The predicted octanol–water partition coefficient (Wildman–Crippen LogP) is 3.45. The Labute approximate surface area is 152 Å². The Morgan fingerprint density at radius 1 is 1.16 bits per heavy atom. The first-order valence-electron chi connectivity index (χ1n) is 7.75. The average Bonchev–Trinajstić information content (AvgIpc) is 2.71. The van der Waals surface area contributed by atoms with Gasteiger partial charge in [-0.15, -0.1) is 0 Å². The lowest BCUT2D eigenvalue weighted by Gasteiger charge is -2.24. The molecule has 2 aromatic rings. The third-order valence-corrected chi connectivity index (χ3v) is 6.35. The van der Waals surface area contributed by atoms with Gasteiger partial charge in [0.05, 0.1) is 15.6 Å². The second kappa shape index (κ2) is 6.61. The van der Waals surface area contributed by atoms with E-state index in [4.69, 9.17) is 11.6 Å². The van der Waals surface area contributed by atoms with Crippen molar-refractivity contribution in [2.75, 3.05) is 10.8 Å². The summed E-state index contributed by atoms with van der Waals surface area (Å²) in [6.45, 7) is 3.84. The third kappa shape index (κ3) is 3.19. The minimum atomic E-state index is -3.80. The fraction of sp³-hybridized carbons (Fsp3) is 0.222. The number of hydrogen-bond donors (Lipinski definition) is 0. The van der Waals surface area contributed by atoms with Crippen LogP contribution in [0.5, 0.6) is 0 Å². The molecule has 1 aliphatic rings. The van der Waals surface area contributed by atoms with E-state index in [-0.39, 0.29) is 22.9 Å². The number of nitrogens with zero attached hydrogens (tertiary/aromatic N) is 2. The maximum Gasteiger partial charge on any atom is 0.264 e. The van der Waals surface area contributed by atoms with Crippen LogP contribution in [0.4, 0.5) is 5.69 Å². The number of sulfonamides is 1. The smallest absolute Gasteiger partial charge is 0.264 e. The van der Waals surface area contributed by atoms with Crippen molar-refractivity contribution in [2.24, 2.45) is 0 Å². The van der Waals surface area contributed by atoms with Gasteiger partial charge >= 0.3 is 0 Å². The summed E-state index contributed by atoms with van der Waals surface area (Å²) < 4.78 is 27.6. The van der Waals surface area contributed by atoms with Gasteiger partial charge in [-0.2, -0.15) is 0 Å². The van der Waals surface area contributed by atoms with Gasteiger partial charge in [-0.3, -0.25) is 14.1 Å². The molecule has 0 bridgehead atoms. The summed E-state index contributed by atoms with van der Waals surface area (Å²) in [7, 11) is -3.80. The molecule has 0 amide bonds. The number of fused-ring (bicyclic) bond motifs is 1. The van der Waals surface area contributed by atoms with Crippen LogP contribution < -0.4 is 4.31 Å². The van der Waals surface area contributed by atoms with Crippen LogP contribution in [0.25, 0.3) is 5.03 Å². The van der Waals surface area contributed by atoms with Gasteiger partial charge < -0.3 is 0 Å². The molecule has 1 aromatic carbocycles. The summed E-state index contributed by atoms with van der Waals surface area (Å²) in [5, 5.41) is 0.201. The zero-order chi connectivity index (χ0) is 18.2. The van der Waals surface area contributed by atoms with Crippen molar-refractivity contribution < 1.29 is 13.2 Å². The summed E-state index contributed by atoms with van der Waals surface area (Å²) in [5.74, 6) is 0. The number of hydrogen-bond acceptors (Lipinski definition) is 4. The first-order chi connectivity index (χ1) is 11.8. The normalized spacial score (nSPS) is 14.9. The number of benzene rings is 1. The number of halogens is 1. The van der Waals surface area contributed by atoms with Crippen LogP contribution in [0.1, 0.15) is 23.2 Å². The molecule has 25 heavy (non-hydrogen) atoms. The maximum atomic E-state index is 13.2. The molecule has 0 aliphatic carbocycles. The van der Waals surface area contributed by atoms with Crippen LogP contribution in [0.15, 0.2) is 47.0 Å². The standard InChI is InChI=1S/C18H17ClN2O3S/c1-12-3-5-15(6-4-12)25(23,24)21-8-7-14(11-22)17(19)18-16(21)9-13(2)10-20-18/h3-6,9-11H,7-8H2,1-2H3. The Kier molecular flexibility index (Phi) is 4.67. The zero-order valence-corrected chi connectivity index (χ0v) is 15.4. The monoisotopic (exact) mass is 376 g/mol. The molecule has 1 aromatic heterocycles. The van der Waals surface area contributed by atoms with E-state index in [2.05, 4.69) is 4.98 Å². The van der Waals surface area contributed by atoms with Crippen LogP contribution in [0, 0.1) is 13.8 Å². The molecule has 7 heteroatoms. The Bertz CT molecular complexity index is 966. The van der Waals surface area contributed by atoms with E-state index < -0.39 is 10.0 Å². The van der Waals surface area contributed by atoms with Gasteiger partial charge in [-0.1, -0.05) is 29.3 Å². The van der Waals surface area contributed by atoms with Gasteiger partial charge in [0, 0.05) is 18.3 Å². The molecule has 0 fully saturated rings. The number of rotatable bonds is 3. The van der Waals surface area contributed by atoms with Crippen molar-refractivity contribution in [1.82, 2.24) is 4.98 Å². The van der Waals surface area contributed by atoms with Crippen molar-refractivity contribution in [3.05, 3.63) is 58.9 Å². The van der Waals surface area contributed by atoms with E-state index in [1.807, 2.05) is 13.8 Å². The molecule has 0 saturated heterocycles. The van der Waals surface area contributed by atoms with Crippen molar-refractivity contribution in [1.29, 1.82) is 0 Å². The molecule has 0 N–H and O–H groups in total.